The molecule has 4 aliphatic rings. The van der Waals surface area contributed by atoms with Crippen LogP contribution in [0, 0.1) is 0 Å². The summed E-state index contributed by atoms with van der Waals surface area (Å²) in [5, 5.41) is 65.8. The first-order chi connectivity index (χ1) is 23.7. The molecule has 0 radical (unpaired) electrons. The van der Waals surface area contributed by atoms with Crippen LogP contribution in [0.3, 0.4) is 0 Å². The van der Waals surface area contributed by atoms with E-state index in [1.807, 2.05) is 0 Å². The summed E-state index contributed by atoms with van der Waals surface area (Å²) in [5.74, 6) is 0. The molecule has 300 valence electrons. The summed E-state index contributed by atoms with van der Waals surface area (Å²) >= 11 is 0. The van der Waals surface area contributed by atoms with Crippen molar-refractivity contribution < 1.29 is 64.2 Å². The Morgan fingerprint density at radius 1 is 0.880 bits per heavy atom. The van der Waals surface area contributed by atoms with Gasteiger partial charge in [0.25, 0.3) is 0 Å². The van der Waals surface area contributed by atoms with Gasteiger partial charge in [-0.05, 0) is 46.1 Å². The van der Waals surface area contributed by atoms with Crippen molar-refractivity contribution in [3.8, 4) is 0 Å². The molecule has 9 unspecified atom stereocenters. The molecule has 4 rings (SSSR count). The molecule has 1 saturated carbocycles. The van der Waals surface area contributed by atoms with Crippen molar-refractivity contribution in [2.45, 2.75) is 144 Å². The molecule has 0 aromatic rings. The molecule has 4 fully saturated rings. The van der Waals surface area contributed by atoms with Crippen molar-refractivity contribution in [1.29, 1.82) is 0 Å². The predicted molar refractivity (Wildman–Crippen MR) is 181 cm³/mol. The third-order valence-electron chi connectivity index (χ3n) is 8.33. The second-order valence-electron chi connectivity index (χ2n) is 12.3. The maximum atomic E-state index is 10.5. The highest BCUT2D eigenvalue weighted by atomic mass is 16.7. The van der Waals surface area contributed by atoms with Crippen molar-refractivity contribution >= 4 is 6.41 Å². The first-order valence-corrected chi connectivity index (χ1v) is 17.0. The first kappa shape index (κ1) is 48.8. The number of rotatable bonds is 10. The van der Waals surface area contributed by atoms with Gasteiger partial charge in [0.15, 0.2) is 18.9 Å². The highest BCUT2D eigenvalue weighted by Crippen LogP contribution is 2.27. The average Bonchev–Trinajstić information content (AvgIpc) is 3.57. The van der Waals surface area contributed by atoms with E-state index >= 15 is 0 Å². The SMILES string of the molecule is CC(O)C(O)CN.CN.CO[C@H]1O[C@@H](CN)[C@@H](O)C(O)[C@H]1N.NC1CC(NC=O)CC(OC2CCC(CO)O2)C1.NCC1O[C@H](O)CC[C@@H]1O. The van der Waals surface area contributed by atoms with Gasteiger partial charge in [0.2, 0.25) is 6.41 Å². The van der Waals surface area contributed by atoms with Gasteiger partial charge in [-0.2, -0.15) is 0 Å². The lowest BCUT2D eigenvalue weighted by Crippen LogP contribution is -2.62. The van der Waals surface area contributed by atoms with Gasteiger partial charge in [0, 0.05) is 51.7 Å². The zero-order valence-electron chi connectivity index (χ0n) is 29.6. The summed E-state index contributed by atoms with van der Waals surface area (Å²) in [6.07, 6.45) is -1.09. The third kappa shape index (κ3) is 18.0. The molecular weight excluding hydrogens is 666 g/mol. The lowest BCUT2D eigenvalue weighted by Gasteiger charge is -2.40. The van der Waals surface area contributed by atoms with Crippen LogP contribution in [-0.2, 0) is 28.5 Å². The minimum absolute atomic E-state index is 0.0219. The van der Waals surface area contributed by atoms with Gasteiger partial charge in [0.05, 0.1) is 49.3 Å². The van der Waals surface area contributed by atoms with Crippen LogP contribution in [0.4, 0.5) is 0 Å². The van der Waals surface area contributed by atoms with E-state index in [9.17, 15) is 20.1 Å². The van der Waals surface area contributed by atoms with Crippen LogP contribution in [0.15, 0.2) is 0 Å². The Balaban J connectivity index is 0.000000664. The smallest absolute Gasteiger partial charge is 0.207 e. The zero-order valence-corrected chi connectivity index (χ0v) is 29.6. The molecule has 50 heavy (non-hydrogen) atoms. The second-order valence-corrected chi connectivity index (χ2v) is 12.3. The average molecular weight is 734 g/mol. The highest BCUT2D eigenvalue weighted by molar-refractivity contribution is 5.46. The van der Waals surface area contributed by atoms with E-state index in [0.717, 1.165) is 32.1 Å². The minimum Gasteiger partial charge on any atom is -0.394 e. The van der Waals surface area contributed by atoms with Gasteiger partial charge >= 0.3 is 0 Å². The largest absolute Gasteiger partial charge is 0.394 e. The van der Waals surface area contributed by atoms with Crippen molar-refractivity contribution in [3.05, 3.63) is 0 Å². The Bertz CT molecular complexity index is 826. The maximum Gasteiger partial charge on any atom is 0.207 e. The molecule has 0 aromatic carbocycles. The number of methoxy groups -OCH3 is 1. The number of hydrogen-bond acceptors (Lipinski definition) is 19. The summed E-state index contributed by atoms with van der Waals surface area (Å²) in [5.41, 5.74) is 31.5. The van der Waals surface area contributed by atoms with Gasteiger partial charge < -0.3 is 99.1 Å². The Morgan fingerprint density at radius 3 is 1.98 bits per heavy atom. The number of aliphatic hydroxyl groups is 7. The number of carbonyl (C=O) groups is 1. The van der Waals surface area contributed by atoms with E-state index in [0.29, 0.717) is 19.3 Å². The third-order valence-corrected chi connectivity index (χ3v) is 8.33. The number of amides is 1. The minimum atomic E-state index is -1.06. The number of nitrogens with one attached hydrogen (secondary N) is 1. The van der Waals surface area contributed by atoms with E-state index < -0.39 is 55.2 Å². The Kier molecular flexibility index (Phi) is 26.7. The van der Waals surface area contributed by atoms with Crippen molar-refractivity contribution in [3.63, 3.8) is 0 Å². The molecule has 20 N–H and O–H groups in total. The molecular formula is C30H67N7O13. The zero-order chi connectivity index (χ0) is 38.4. The second kappa shape index (κ2) is 27.4. The number of aliphatic hydroxyl groups excluding tert-OH is 7. The lowest BCUT2D eigenvalue weighted by molar-refractivity contribution is -0.248. The molecule has 0 aromatic heterocycles. The highest BCUT2D eigenvalue weighted by Gasteiger charge is 2.42. The summed E-state index contributed by atoms with van der Waals surface area (Å²) in [7, 11) is 2.92. The van der Waals surface area contributed by atoms with E-state index in [-0.39, 0.29) is 62.9 Å². The van der Waals surface area contributed by atoms with E-state index in [2.05, 4.69) is 11.1 Å². The Hall–Kier alpha value is -1.25. The standard InChI is InChI=1S/C12H22N2O4.C7H16N2O4.C6H13NO3.C4H11NO2.CH5N/c13-8-3-9(14-7-16)5-11(4-8)18-12-2-1-10(6-15)17-12;1-12-7-4(9)6(11)5(10)3(2-8)13-7;7-3-5-4(8)1-2-6(9)10-5;1-3(6)4(7)2-5;1-2/h7-12,15H,1-6,13H2,(H,14,16);3-7,10-11H,2,8-9H2,1H3;4-6,8-9H,1-3,7H2;3-4,6-7H,2,5H2,1H3;2H2,1H3/t;3-,4+,5+,6?,7-;4-,5?,6-;;/m.00../s1. The molecule has 0 spiro atoms. The molecule has 3 heterocycles. The Morgan fingerprint density at radius 2 is 1.52 bits per heavy atom. The molecule has 20 heteroatoms. The lowest BCUT2D eigenvalue weighted by atomic mass is 9.89. The fraction of sp³-hybridized carbons (Fsp3) is 0.967. The molecule has 1 aliphatic carbocycles. The number of ether oxygens (including phenoxy) is 5. The summed E-state index contributed by atoms with van der Waals surface area (Å²) < 4.78 is 26.4. The molecule has 0 bridgehead atoms. The molecule has 15 atom stereocenters. The van der Waals surface area contributed by atoms with E-state index in [1.54, 1.807) is 0 Å². The van der Waals surface area contributed by atoms with Crippen LogP contribution >= 0.6 is 0 Å². The first-order valence-electron chi connectivity index (χ1n) is 17.0. The molecule has 1 amide bonds. The Labute approximate surface area is 294 Å². The number of nitrogens with two attached hydrogens (primary N) is 6. The van der Waals surface area contributed by atoms with Gasteiger partial charge in [-0.15, -0.1) is 0 Å². The van der Waals surface area contributed by atoms with Crippen LogP contribution in [0.1, 0.15) is 51.9 Å². The fourth-order valence-electron chi connectivity index (χ4n) is 5.40. The van der Waals surface area contributed by atoms with Crippen molar-refractivity contribution in [2.24, 2.45) is 34.4 Å². The van der Waals surface area contributed by atoms with Crippen molar-refractivity contribution in [1.82, 2.24) is 5.32 Å². The van der Waals surface area contributed by atoms with Crippen LogP contribution in [0.5, 0.6) is 0 Å². The number of hydrogen-bond donors (Lipinski definition) is 14. The maximum absolute atomic E-state index is 10.5. The predicted octanol–water partition coefficient (Wildman–Crippen LogP) is -6.07. The fourth-order valence-corrected chi connectivity index (χ4v) is 5.40. The number of carbonyl (C=O) groups excluding carboxylic acids is 1. The topological polar surface area (TPSA) is 373 Å². The van der Waals surface area contributed by atoms with Crippen LogP contribution in [0.2, 0.25) is 0 Å². The van der Waals surface area contributed by atoms with Crippen LogP contribution in [-0.4, -0.2) is 174 Å². The summed E-state index contributed by atoms with van der Waals surface area (Å²) in [4.78, 5) is 10.5. The summed E-state index contributed by atoms with van der Waals surface area (Å²) in [6, 6.07) is -0.606. The van der Waals surface area contributed by atoms with Crippen LogP contribution in [0.25, 0.3) is 0 Å². The van der Waals surface area contributed by atoms with Crippen LogP contribution < -0.4 is 39.7 Å². The monoisotopic (exact) mass is 733 g/mol. The molecule has 3 aliphatic heterocycles. The van der Waals surface area contributed by atoms with Gasteiger partial charge in [0.1, 0.15) is 18.3 Å². The van der Waals surface area contributed by atoms with E-state index in [4.69, 9.17) is 72.8 Å². The molecule has 3 saturated heterocycles. The summed E-state index contributed by atoms with van der Waals surface area (Å²) in [6.45, 7) is 2.04. The normalized spacial score (nSPS) is 37.8. The van der Waals surface area contributed by atoms with Gasteiger partial charge in [-0.25, -0.2) is 0 Å². The van der Waals surface area contributed by atoms with E-state index in [1.165, 1.54) is 21.1 Å². The van der Waals surface area contributed by atoms with Crippen molar-refractivity contribution in [2.75, 3.05) is 40.4 Å². The van der Waals surface area contributed by atoms with Gasteiger partial charge in [-0.1, -0.05) is 0 Å². The molecule has 20 nitrogen and oxygen atoms in total. The quantitative estimate of drug-likeness (QED) is 0.0929. The van der Waals surface area contributed by atoms with Gasteiger partial charge in [-0.3, -0.25) is 4.79 Å².